The number of para-hydroxylation sites is 1. The summed E-state index contributed by atoms with van der Waals surface area (Å²) in [7, 11) is -3.77. The van der Waals surface area contributed by atoms with Crippen LogP contribution in [0.25, 0.3) is 0 Å². The van der Waals surface area contributed by atoms with E-state index in [1.54, 1.807) is 37.3 Å². The summed E-state index contributed by atoms with van der Waals surface area (Å²) in [5, 5.41) is 3.44. The molecule has 0 spiro atoms. The van der Waals surface area contributed by atoms with E-state index in [0.717, 1.165) is 16.1 Å². The molecule has 0 aromatic heterocycles. The first-order valence-corrected chi connectivity index (χ1v) is 13.5. The second-order valence-electron chi connectivity index (χ2n) is 9.45. The SMILES string of the molecule is C[C@H](C(=O)NC(C)(C)C)N(Cc1ccc(Cl)cc1)C(=O)CCCN(c1ccccc1F)S(C)(=O)=O. The second-order valence-corrected chi connectivity index (χ2v) is 11.8. The minimum absolute atomic E-state index is 0.0266. The molecule has 1 N–H and O–H groups in total. The van der Waals surface area contributed by atoms with Crippen LogP contribution < -0.4 is 9.62 Å². The van der Waals surface area contributed by atoms with Crippen molar-refractivity contribution in [3.05, 3.63) is 64.9 Å². The van der Waals surface area contributed by atoms with Gasteiger partial charge in [-0.2, -0.15) is 0 Å². The molecule has 35 heavy (non-hydrogen) atoms. The van der Waals surface area contributed by atoms with Crippen LogP contribution in [0.15, 0.2) is 48.5 Å². The first-order chi connectivity index (χ1) is 16.2. The van der Waals surface area contributed by atoms with Crippen LogP contribution >= 0.6 is 11.6 Å². The Morgan fingerprint density at radius 3 is 2.23 bits per heavy atom. The molecule has 0 aliphatic rings. The molecule has 2 rings (SSSR count). The van der Waals surface area contributed by atoms with Crippen molar-refractivity contribution in [2.75, 3.05) is 17.1 Å². The van der Waals surface area contributed by atoms with Gasteiger partial charge in [0.15, 0.2) is 0 Å². The standard InChI is InChI=1S/C25H33ClFN3O4S/c1-18(24(32)28-25(2,3)4)29(17-19-12-14-20(26)15-13-19)23(31)11-8-16-30(35(5,33)34)22-10-7-6-9-21(22)27/h6-7,9-10,12-15,18H,8,11,16-17H2,1-5H3,(H,28,32)/t18-/m1/s1. The number of anilines is 1. The summed E-state index contributed by atoms with van der Waals surface area (Å²) in [6.07, 6.45) is 1.11. The van der Waals surface area contributed by atoms with Crippen molar-refractivity contribution in [2.24, 2.45) is 0 Å². The Labute approximate surface area is 212 Å². The molecule has 192 valence electrons. The number of sulfonamides is 1. The molecule has 2 amide bonds. The van der Waals surface area contributed by atoms with Crippen LogP contribution in [0.3, 0.4) is 0 Å². The van der Waals surface area contributed by atoms with Gasteiger partial charge in [-0.15, -0.1) is 0 Å². The first kappa shape index (κ1) is 28.6. The number of halogens is 2. The van der Waals surface area contributed by atoms with Crippen molar-refractivity contribution in [1.29, 1.82) is 0 Å². The molecule has 2 aromatic rings. The molecule has 0 aliphatic heterocycles. The molecule has 0 aliphatic carbocycles. The lowest BCUT2D eigenvalue weighted by Gasteiger charge is -2.32. The summed E-state index contributed by atoms with van der Waals surface area (Å²) in [6, 6.07) is 11.8. The highest BCUT2D eigenvalue weighted by Gasteiger charge is 2.29. The third kappa shape index (κ3) is 8.81. The Hall–Kier alpha value is -2.65. The highest BCUT2D eigenvalue weighted by molar-refractivity contribution is 7.92. The average molecular weight is 526 g/mol. The van der Waals surface area contributed by atoms with Crippen molar-refractivity contribution in [2.45, 2.75) is 58.7 Å². The Bertz CT molecular complexity index is 1130. The fourth-order valence-electron chi connectivity index (χ4n) is 3.48. The summed E-state index contributed by atoms with van der Waals surface area (Å²) >= 11 is 5.97. The molecular weight excluding hydrogens is 493 g/mol. The zero-order chi connectivity index (χ0) is 26.4. The third-order valence-corrected chi connectivity index (χ3v) is 6.64. The number of carbonyl (C=O) groups is 2. The largest absolute Gasteiger partial charge is 0.350 e. The Morgan fingerprint density at radius 1 is 1.09 bits per heavy atom. The smallest absolute Gasteiger partial charge is 0.242 e. The van der Waals surface area contributed by atoms with Gasteiger partial charge in [-0.25, -0.2) is 12.8 Å². The Balaban J connectivity index is 2.19. The lowest BCUT2D eigenvalue weighted by Crippen LogP contribution is -2.52. The molecule has 0 fully saturated rings. The molecule has 0 saturated carbocycles. The van der Waals surface area contributed by atoms with E-state index in [9.17, 15) is 22.4 Å². The summed E-state index contributed by atoms with van der Waals surface area (Å²) in [5.74, 6) is -1.29. The fraction of sp³-hybridized carbons (Fsp3) is 0.440. The predicted molar refractivity (Wildman–Crippen MR) is 137 cm³/mol. The van der Waals surface area contributed by atoms with Gasteiger partial charge in [0.2, 0.25) is 21.8 Å². The number of carbonyl (C=O) groups excluding carboxylic acids is 2. The van der Waals surface area contributed by atoms with E-state index in [1.165, 1.54) is 23.1 Å². The zero-order valence-electron chi connectivity index (χ0n) is 20.7. The number of nitrogens with zero attached hydrogens (tertiary/aromatic N) is 2. The molecule has 0 radical (unpaired) electrons. The van der Waals surface area contributed by atoms with Crippen molar-refractivity contribution in [3.63, 3.8) is 0 Å². The third-order valence-electron chi connectivity index (χ3n) is 5.20. The molecule has 10 heteroatoms. The first-order valence-electron chi connectivity index (χ1n) is 11.3. The monoisotopic (exact) mass is 525 g/mol. The van der Waals surface area contributed by atoms with E-state index in [-0.39, 0.29) is 43.4 Å². The van der Waals surface area contributed by atoms with Gasteiger partial charge in [-0.3, -0.25) is 13.9 Å². The minimum Gasteiger partial charge on any atom is -0.350 e. The summed E-state index contributed by atoms with van der Waals surface area (Å²) < 4.78 is 39.8. The van der Waals surface area contributed by atoms with Gasteiger partial charge in [-0.1, -0.05) is 35.9 Å². The Kier molecular flexibility index (Phi) is 9.68. The lowest BCUT2D eigenvalue weighted by molar-refractivity contribution is -0.141. The normalized spacial score (nSPS) is 12.7. The number of hydrogen-bond acceptors (Lipinski definition) is 4. The van der Waals surface area contributed by atoms with Crippen LogP contribution in [0.1, 0.15) is 46.1 Å². The minimum atomic E-state index is -3.77. The molecule has 7 nitrogen and oxygen atoms in total. The van der Waals surface area contributed by atoms with Crippen molar-refractivity contribution < 1.29 is 22.4 Å². The van der Waals surface area contributed by atoms with E-state index in [2.05, 4.69) is 5.32 Å². The summed E-state index contributed by atoms with van der Waals surface area (Å²) in [5.41, 5.74) is 0.247. The number of hydrogen-bond donors (Lipinski definition) is 1. The van der Waals surface area contributed by atoms with Gasteiger partial charge in [0.05, 0.1) is 11.9 Å². The van der Waals surface area contributed by atoms with Gasteiger partial charge >= 0.3 is 0 Å². The maximum Gasteiger partial charge on any atom is 0.242 e. The molecule has 2 aromatic carbocycles. The van der Waals surface area contributed by atoms with Crippen molar-refractivity contribution >= 4 is 39.1 Å². The highest BCUT2D eigenvalue weighted by atomic mass is 35.5. The summed E-state index contributed by atoms with van der Waals surface area (Å²) in [6.45, 7) is 7.31. The van der Waals surface area contributed by atoms with Crippen LogP contribution in [0.4, 0.5) is 10.1 Å². The van der Waals surface area contributed by atoms with Crippen LogP contribution in [0, 0.1) is 5.82 Å². The molecule has 1 atom stereocenters. The second kappa shape index (κ2) is 11.9. The van der Waals surface area contributed by atoms with Crippen LogP contribution in [-0.4, -0.2) is 49.5 Å². The molecule has 0 unspecified atom stereocenters. The molecule has 0 bridgehead atoms. The number of amides is 2. The van der Waals surface area contributed by atoms with E-state index >= 15 is 0 Å². The number of benzene rings is 2. The maximum atomic E-state index is 14.2. The Morgan fingerprint density at radius 2 is 1.69 bits per heavy atom. The lowest BCUT2D eigenvalue weighted by atomic mass is 10.1. The van der Waals surface area contributed by atoms with Gasteiger partial charge < -0.3 is 10.2 Å². The van der Waals surface area contributed by atoms with E-state index < -0.39 is 27.4 Å². The van der Waals surface area contributed by atoms with E-state index in [0.29, 0.717) is 5.02 Å². The van der Waals surface area contributed by atoms with Crippen molar-refractivity contribution in [1.82, 2.24) is 10.2 Å². The zero-order valence-corrected chi connectivity index (χ0v) is 22.3. The topological polar surface area (TPSA) is 86.8 Å². The number of rotatable bonds is 10. The van der Waals surface area contributed by atoms with Crippen molar-refractivity contribution in [3.8, 4) is 0 Å². The van der Waals surface area contributed by atoms with Gasteiger partial charge in [0, 0.05) is 30.1 Å². The highest BCUT2D eigenvalue weighted by Crippen LogP contribution is 2.22. The number of nitrogens with one attached hydrogen (secondary N) is 1. The molecule has 0 heterocycles. The van der Waals surface area contributed by atoms with Gasteiger partial charge in [0.25, 0.3) is 0 Å². The van der Waals surface area contributed by atoms with Crippen LogP contribution in [0.2, 0.25) is 5.02 Å². The maximum absolute atomic E-state index is 14.2. The summed E-state index contributed by atoms with van der Waals surface area (Å²) in [4.78, 5) is 27.5. The fourth-order valence-corrected chi connectivity index (χ4v) is 4.57. The quantitative estimate of drug-likeness (QED) is 0.499. The van der Waals surface area contributed by atoms with Crippen LogP contribution in [0.5, 0.6) is 0 Å². The molecule has 0 saturated heterocycles. The molecular formula is C25H33ClFN3O4S. The average Bonchev–Trinajstić information content (AvgIpc) is 2.74. The van der Waals surface area contributed by atoms with Gasteiger partial charge in [0.1, 0.15) is 11.9 Å². The van der Waals surface area contributed by atoms with Gasteiger partial charge in [-0.05, 0) is 63.9 Å². The predicted octanol–water partition coefficient (Wildman–Crippen LogP) is 4.36. The van der Waals surface area contributed by atoms with E-state index in [4.69, 9.17) is 11.6 Å². The van der Waals surface area contributed by atoms with E-state index in [1.807, 2.05) is 20.8 Å². The van der Waals surface area contributed by atoms with Crippen LogP contribution in [-0.2, 0) is 26.2 Å².